The van der Waals surface area contributed by atoms with Crippen LogP contribution in [-0.2, 0) is 13.6 Å². The molecule has 0 aromatic carbocycles. The SMILES string of the molecule is Cc1cnc2c(ccn2Cc2ccn(C)n2)c1. The van der Waals surface area contributed by atoms with Crippen molar-refractivity contribution in [2.75, 3.05) is 0 Å². The third-order valence-electron chi connectivity index (χ3n) is 2.84. The molecule has 3 heterocycles. The minimum atomic E-state index is 0.764. The number of pyridine rings is 1. The fourth-order valence-corrected chi connectivity index (χ4v) is 2.04. The molecule has 4 heteroatoms. The first-order valence-corrected chi connectivity index (χ1v) is 5.62. The predicted octanol–water partition coefficient (Wildman–Crippen LogP) is 2.13. The maximum absolute atomic E-state index is 4.47. The van der Waals surface area contributed by atoms with E-state index in [1.165, 1.54) is 10.9 Å². The van der Waals surface area contributed by atoms with Gasteiger partial charge in [0.15, 0.2) is 0 Å². The molecule has 0 unspecified atom stereocenters. The normalized spacial score (nSPS) is 11.2. The van der Waals surface area contributed by atoms with Gasteiger partial charge in [-0.15, -0.1) is 0 Å². The van der Waals surface area contributed by atoms with Gasteiger partial charge in [0.1, 0.15) is 5.65 Å². The third kappa shape index (κ3) is 1.82. The Morgan fingerprint density at radius 1 is 1.24 bits per heavy atom. The molecule has 0 aliphatic carbocycles. The van der Waals surface area contributed by atoms with E-state index in [1.54, 1.807) is 0 Å². The van der Waals surface area contributed by atoms with Crippen LogP contribution in [0.3, 0.4) is 0 Å². The number of rotatable bonds is 2. The molecule has 3 aromatic heterocycles. The highest BCUT2D eigenvalue weighted by Gasteiger charge is 2.04. The van der Waals surface area contributed by atoms with Crippen LogP contribution in [0.2, 0.25) is 0 Å². The van der Waals surface area contributed by atoms with E-state index in [2.05, 4.69) is 39.9 Å². The first-order valence-electron chi connectivity index (χ1n) is 5.62. The maximum Gasteiger partial charge on any atom is 0.140 e. The molecule has 0 aliphatic heterocycles. The molecule has 0 saturated heterocycles. The zero-order valence-corrected chi connectivity index (χ0v) is 9.96. The number of nitrogens with zero attached hydrogens (tertiary/aromatic N) is 4. The van der Waals surface area contributed by atoms with E-state index >= 15 is 0 Å². The highest BCUT2D eigenvalue weighted by atomic mass is 15.3. The van der Waals surface area contributed by atoms with E-state index in [1.807, 2.05) is 30.2 Å². The summed E-state index contributed by atoms with van der Waals surface area (Å²) in [6.07, 6.45) is 5.92. The van der Waals surface area contributed by atoms with Crippen LogP contribution in [-0.4, -0.2) is 19.3 Å². The van der Waals surface area contributed by atoms with Crippen LogP contribution < -0.4 is 0 Å². The molecule has 0 N–H and O–H groups in total. The molecule has 17 heavy (non-hydrogen) atoms. The highest BCUT2D eigenvalue weighted by Crippen LogP contribution is 2.15. The van der Waals surface area contributed by atoms with Gasteiger partial charge in [-0.25, -0.2) is 4.98 Å². The number of hydrogen-bond donors (Lipinski definition) is 0. The summed E-state index contributed by atoms with van der Waals surface area (Å²) in [4.78, 5) is 4.47. The lowest BCUT2D eigenvalue weighted by molar-refractivity contribution is 0.714. The molecule has 0 spiro atoms. The second kappa shape index (κ2) is 3.73. The van der Waals surface area contributed by atoms with Crippen molar-refractivity contribution in [3.05, 3.63) is 48.0 Å². The second-order valence-corrected chi connectivity index (χ2v) is 4.35. The van der Waals surface area contributed by atoms with Crippen molar-refractivity contribution < 1.29 is 0 Å². The van der Waals surface area contributed by atoms with Crippen LogP contribution in [0, 0.1) is 6.92 Å². The number of hydrogen-bond acceptors (Lipinski definition) is 2. The zero-order valence-electron chi connectivity index (χ0n) is 9.96. The van der Waals surface area contributed by atoms with Gasteiger partial charge < -0.3 is 4.57 Å². The van der Waals surface area contributed by atoms with Gasteiger partial charge in [0.05, 0.1) is 12.2 Å². The molecular formula is C13H14N4. The van der Waals surface area contributed by atoms with E-state index in [-0.39, 0.29) is 0 Å². The van der Waals surface area contributed by atoms with E-state index in [0.29, 0.717) is 0 Å². The van der Waals surface area contributed by atoms with Crippen LogP contribution in [0.15, 0.2) is 36.8 Å². The van der Waals surface area contributed by atoms with Gasteiger partial charge in [0, 0.05) is 31.0 Å². The lowest BCUT2D eigenvalue weighted by Gasteiger charge is -2.02. The summed E-state index contributed by atoms with van der Waals surface area (Å²) >= 11 is 0. The largest absolute Gasteiger partial charge is 0.326 e. The van der Waals surface area contributed by atoms with Crippen molar-refractivity contribution in [2.24, 2.45) is 7.05 Å². The quantitative estimate of drug-likeness (QED) is 0.671. The topological polar surface area (TPSA) is 35.6 Å². The summed E-state index contributed by atoms with van der Waals surface area (Å²) in [7, 11) is 1.93. The molecule has 0 radical (unpaired) electrons. The van der Waals surface area contributed by atoms with Gasteiger partial charge >= 0.3 is 0 Å². The molecule has 0 saturated carbocycles. The molecule has 0 aliphatic rings. The fourth-order valence-electron chi connectivity index (χ4n) is 2.04. The zero-order chi connectivity index (χ0) is 11.8. The van der Waals surface area contributed by atoms with Crippen molar-refractivity contribution in [3.8, 4) is 0 Å². The summed E-state index contributed by atoms with van der Waals surface area (Å²) in [6.45, 7) is 2.82. The summed E-state index contributed by atoms with van der Waals surface area (Å²) in [5, 5.41) is 5.56. The fraction of sp³-hybridized carbons (Fsp3) is 0.231. The van der Waals surface area contributed by atoms with Crippen LogP contribution >= 0.6 is 0 Å². The highest BCUT2D eigenvalue weighted by molar-refractivity contribution is 5.76. The van der Waals surface area contributed by atoms with Crippen molar-refractivity contribution in [3.63, 3.8) is 0 Å². The molecule has 0 fully saturated rings. The number of aryl methyl sites for hydroxylation is 2. The van der Waals surface area contributed by atoms with E-state index < -0.39 is 0 Å². The first-order chi connectivity index (χ1) is 8.22. The minimum absolute atomic E-state index is 0.764. The average Bonchev–Trinajstić information content (AvgIpc) is 2.86. The summed E-state index contributed by atoms with van der Waals surface area (Å²) in [5.41, 5.74) is 3.25. The maximum atomic E-state index is 4.47. The summed E-state index contributed by atoms with van der Waals surface area (Å²) in [5.74, 6) is 0. The van der Waals surface area contributed by atoms with E-state index in [0.717, 1.165) is 17.9 Å². The molecule has 4 nitrogen and oxygen atoms in total. The number of fused-ring (bicyclic) bond motifs is 1. The van der Waals surface area contributed by atoms with Crippen LogP contribution in [0.4, 0.5) is 0 Å². The Labute approximate surface area is 99.5 Å². The van der Waals surface area contributed by atoms with E-state index in [9.17, 15) is 0 Å². The Kier molecular flexibility index (Phi) is 2.21. The molecule has 3 aromatic rings. The standard InChI is InChI=1S/C13H14N4/c1-10-7-11-3-6-17(13(11)14-8-10)9-12-4-5-16(2)15-12/h3-8H,9H2,1-2H3. The van der Waals surface area contributed by atoms with Crippen molar-refractivity contribution in [1.29, 1.82) is 0 Å². The summed E-state index contributed by atoms with van der Waals surface area (Å²) in [6, 6.07) is 6.27. The van der Waals surface area contributed by atoms with Gasteiger partial charge in [-0.2, -0.15) is 5.10 Å². The minimum Gasteiger partial charge on any atom is -0.326 e. The van der Waals surface area contributed by atoms with Crippen molar-refractivity contribution >= 4 is 11.0 Å². The Hall–Kier alpha value is -2.10. The van der Waals surface area contributed by atoms with Crippen LogP contribution in [0.25, 0.3) is 11.0 Å². The Morgan fingerprint density at radius 3 is 2.88 bits per heavy atom. The molecular weight excluding hydrogens is 212 g/mol. The Balaban J connectivity index is 2.00. The summed E-state index contributed by atoms with van der Waals surface area (Å²) < 4.78 is 3.94. The van der Waals surface area contributed by atoms with Gasteiger partial charge in [0.25, 0.3) is 0 Å². The molecule has 86 valence electrons. The molecule has 0 amide bonds. The Bertz CT molecular complexity index is 663. The van der Waals surface area contributed by atoms with Gasteiger partial charge in [-0.3, -0.25) is 4.68 Å². The first kappa shape index (κ1) is 10.1. The van der Waals surface area contributed by atoms with Gasteiger partial charge in [-0.1, -0.05) is 0 Å². The molecule has 0 bridgehead atoms. The van der Waals surface area contributed by atoms with Crippen LogP contribution in [0.1, 0.15) is 11.3 Å². The van der Waals surface area contributed by atoms with E-state index in [4.69, 9.17) is 0 Å². The smallest absolute Gasteiger partial charge is 0.140 e. The molecule has 0 atom stereocenters. The Morgan fingerprint density at radius 2 is 2.12 bits per heavy atom. The van der Waals surface area contributed by atoms with Crippen molar-refractivity contribution in [1.82, 2.24) is 19.3 Å². The lowest BCUT2D eigenvalue weighted by atomic mass is 10.2. The monoisotopic (exact) mass is 226 g/mol. The molecule has 3 rings (SSSR count). The van der Waals surface area contributed by atoms with Gasteiger partial charge in [-0.05, 0) is 30.7 Å². The second-order valence-electron chi connectivity index (χ2n) is 4.35. The predicted molar refractivity (Wildman–Crippen MR) is 66.8 cm³/mol. The third-order valence-corrected chi connectivity index (χ3v) is 2.84. The van der Waals surface area contributed by atoms with Crippen molar-refractivity contribution in [2.45, 2.75) is 13.5 Å². The average molecular weight is 226 g/mol. The van der Waals surface area contributed by atoms with Gasteiger partial charge in [0.2, 0.25) is 0 Å². The number of aromatic nitrogens is 4. The van der Waals surface area contributed by atoms with Crippen LogP contribution in [0.5, 0.6) is 0 Å². The lowest BCUT2D eigenvalue weighted by Crippen LogP contribution is -2.00.